The zero-order valence-corrected chi connectivity index (χ0v) is 17.0. The van der Waals surface area contributed by atoms with Gasteiger partial charge in [0.05, 0.1) is 17.9 Å². The fourth-order valence-electron chi connectivity index (χ4n) is 2.94. The molecule has 0 bridgehead atoms. The van der Waals surface area contributed by atoms with Gasteiger partial charge in [-0.1, -0.05) is 19.4 Å². The molecule has 1 aromatic carbocycles. The number of amides is 1. The minimum absolute atomic E-state index is 0.325. The number of nitrogens with two attached hydrogens (primary N) is 1. The van der Waals surface area contributed by atoms with Crippen LogP contribution in [0.2, 0.25) is 0 Å². The first-order chi connectivity index (χ1) is 13.4. The molecule has 0 spiro atoms. The Bertz CT molecular complexity index is 1040. The fraction of sp³-hybridized carbons (Fsp3) is 0.286. The number of nitrogens with zero attached hydrogens (tertiary/aromatic N) is 1. The van der Waals surface area contributed by atoms with E-state index in [2.05, 4.69) is 10.3 Å². The van der Waals surface area contributed by atoms with Crippen LogP contribution in [0.25, 0.3) is 10.2 Å². The number of rotatable bonds is 6. The fourth-order valence-corrected chi connectivity index (χ4v) is 4.05. The van der Waals surface area contributed by atoms with Crippen molar-refractivity contribution in [2.75, 3.05) is 17.7 Å². The van der Waals surface area contributed by atoms with E-state index < -0.39 is 5.97 Å². The number of aromatic nitrogens is 1. The molecule has 2 aromatic heterocycles. The number of benzene rings is 1. The van der Waals surface area contributed by atoms with Crippen LogP contribution in [0.4, 0.5) is 11.4 Å². The average molecular weight is 398 g/mol. The number of ether oxygens (including phenoxy) is 1. The molecule has 0 aliphatic heterocycles. The maximum Gasteiger partial charge on any atom is 0.338 e. The number of hydrogen-bond donors (Lipinski definition) is 2. The summed E-state index contributed by atoms with van der Waals surface area (Å²) >= 11 is 1.26. The van der Waals surface area contributed by atoms with Crippen LogP contribution in [0.3, 0.4) is 0 Å². The minimum atomic E-state index is -0.402. The van der Waals surface area contributed by atoms with E-state index in [1.54, 1.807) is 24.3 Å². The molecule has 28 heavy (non-hydrogen) atoms. The smallest absolute Gasteiger partial charge is 0.338 e. The predicted molar refractivity (Wildman–Crippen MR) is 113 cm³/mol. The van der Waals surface area contributed by atoms with Gasteiger partial charge in [-0.2, -0.15) is 0 Å². The van der Waals surface area contributed by atoms with Crippen molar-refractivity contribution in [3.05, 3.63) is 52.0 Å². The number of thiophene rings is 1. The Kier molecular flexibility index (Phi) is 5.94. The lowest BCUT2D eigenvalue weighted by Crippen LogP contribution is -2.13. The molecule has 146 valence electrons. The van der Waals surface area contributed by atoms with Gasteiger partial charge in [0.2, 0.25) is 0 Å². The van der Waals surface area contributed by atoms with E-state index in [9.17, 15) is 9.59 Å². The molecule has 2 heterocycles. The molecular weight excluding hydrogens is 374 g/mol. The SMILES string of the molecule is CCCCOC(=O)c1cccc(NC(=O)c2sc3nc(C)cc(C)c3c2N)c1. The van der Waals surface area contributed by atoms with Crippen LogP contribution in [0, 0.1) is 13.8 Å². The second-order valence-electron chi connectivity index (χ2n) is 6.63. The second kappa shape index (κ2) is 8.39. The van der Waals surface area contributed by atoms with Crippen molar-refractivity contribution < 1.29 is 14.3 Å². The summed E-state index contributed by atoms with van der Waals surface area (Å²) < 4.78 is 5.22. The van der Waals surface area contributed by atoms with Crippen LogP contribution >= 0.6 is 11.3 Å². The molecule has 6 nitrogen and oxygen atoms in total. The number of carbonyl (C=O) groups excluding carboxylic acids is 2. The summed E-state index contributed by atoms with van der Waals surface area (Å²) in [6.45, 7) is 6.28. The maximum atomic E-state index is 12.8. The Labute approximate surface area is 167 Å². The molecule has 0 unspecified atom stereocenters. The number of pyridine rings is 1. The monoisotopic (exact) mass is 397 g/mol. The molecule has 0 saturated carbocycles. The van der Waals surface area contributed by atoms with Crippen molar-refractivity contribution in [3.63, 3.8) is 0 Å². The lowest BCUT2D eigenvalue weighted by Gasteiger charge is -2.07. The van der Waals surface area contributed by atoms with Gasteiger partial charge in [0.15, 0.2) is 0 Å². The van der Waals surface area contributed by atoms with Crippen LogP contribution in [-0.4, -0.2) is 23.5 Å². The molecule has 0 aliphatic carbocycles. The van der Waals surface area contributed by atoms with E-state index in [1.165, 1.54) is 11.3 Å². The molecule has 0 fully saturated rings. The number of anilines is 2. The van der Waals surface area contributed by atoms with Gasteiger partial charge in [0.1, 0.15) is 9.71 Å². The zero-order valence-electron chi connectivity index (χ0n) is 16.2. The van der Waals surface area contributed by atoms with Crippen molar-refractivity contribution in [1.82, 2.24) is 4.98 Å². The first-order valence-electron chi connectivity index (χ1n) is 9.15. The van der Waals surface area contributed by atoms with Crippen molar-refractivity contribution in [2.45, 2.75) is 33.6 Å². The molecule has 1 amide bonds. The number of esters is 1. The standard InChI is InChI=1S/C21H23N3O3S/c1-4-5-9-27-21(26)14-7-6-8-15(11-14)24-19(25)18-17(22)16-12(2)10-13(3)23-20(16)28-18/h6-8,10-11H,4-5,9,22H2,1-3H3,(H,24,25). The largest absolute Gasteiger partial charge is 0.462 e. The average Bonchev–Trinajstić information content (AvgIpc) is 2.98. The lowest BCUT2D eigenvalue weighted by molar-refractivity contribution is 0.0499. The van der Waals surface area contributed by atoms with Crippen LogP contribution in [0.1, 0.15) is 51.1 Å². The number of carbonyl (C=O) groups is 2. The van der Waals surface area contributed by atoms with E-state index in [0.29, 0.717) is 28.4 Å². The first kappa shape index (κ1) is 19.8. The number of aryl methyl sites for hydroxylation is 2. The summed E-state index contributed by atoms with van der Waals surface area (Å²) in [7, 11) is 0. The highest BCUT2D eigenvalue weighted by Gasteiger charge is 2.19. The molecule has 3 N–H and O–H groups in total. The summed E-state index contributed by atoms with van der Waals surface area (Å²) in [5.41, 5.74) is 9.43. The van der Waals surface area contributed by atoms with E-state index in [0.717, 1.165) is 34.3 Å². The van der Waals surface area contributed by atoms with Crippen LogP contribution in [-0.2, 0) is 4.74 Å². The van der Waals surface area contributed by atoms with E-state index >= 15 is 0 Å². The minimum Gasteiger partial charge on any atom is -0.462 e. The van der Waals surface area contributed by atoms with Gasteiger partial charge in [0, 0.05) is 16.8 Å². The van der Waals surface area contributed by atoms with Crippen molar-refractivity contribution in [2.24, 2.45) is 0 Å². The molecule has 0 atom stereocenters. The van der Waals surface area contributed by atoms with E-state index in [4.69, 9.17) is 10.5 Å². The number of fused-ring (bicyclic) bond motifs is 1. The molecule has 0 radical (unpaired) electrons. The van der Waals surface area contributed by atoms with E-state index in [1.807, 2.05) is 26.8 Å². The highest BCUT2D eigenvalue weighted by molar-refractivity contribution is 7.21. The summed E-state index contributed by atoms with van der Waals surface area (Å²) in [5, 5.41) is 3.63. The van der Waals surface area contributed by atoms with Gasteiger partial charge in [-0.05, 0) is 50.1 Å². The molecule has 7 heteroatoms. The third-order valence-corrected chi connectivity index (χ3v) is 5.42. The molecule has 3 aromatic rings. The maximum absolute atomic E-state index is 12.8. The summed E-state index contributed by atoms with van der Waals surface area (Å²) in [5.74, 6) is -0.727. The van der Waals surface area contributed by atoms with Gasteiger partial charge in [-0.3, -0.25) is 4.79 Å². The van der Waals surface area contributed by atoms with Gasteiger partial charge < -0.3 is 15.8 Å². The number of nitrogens with one attached hydrogen (secondary N) is 1. The molecular formula is C21H23N3O3S. The highest BCUT2D eigenvalue weighted by atomic mass is 32.1. The van der Waals surface area contributed by atoms with Crippen LogP contribution in [0.15, 0.2) is 30.3 Å². The van der Waals surface area contributed by atoms with Crippen molar-refractivity contribution in [1.29, 1.82) is 0 Å². The van der Waals surface area contributed by atoms with Gasteiger partial charge in [-0.15, -0.1) is 11.3 Å². The zero-order chi connectivity index (χ0) is 20.3. The topological polar surface area (TPSA) is 94.3 Å². The summed E-state index contributed by atoms with van der Waals surface area (Å²) in [6, 6.07) is 8.63. The van der Waals surface area contributed by atoms with Crippen molar-refractivity contribution >= 4 is 44.8 Å². The van der Waals surface area contributed by atoms with E-state index in [-0.39, 0.29) is 5.91 Å². The van der Waals surface area contributed by atoms with Gasteiger partial charge in [0.25, 0.3) is 5.91 Å². The molecule has 0 saturated heterocycles. The number of nitrogen functional groups attached to an aromatic ring is 1. The second-order valence-corrected chi connectivity index (χ2v) is 7.63. The van der Waals surface area contributed by atoms with Crippen LogP contribution < -0.4 is 11.1 Å². The number of hydrogen-bond acceptors (Lipinski definition) is 6. The Morgan fingerprint density at radius 1 is 1.25 bits per heavy atom. The van der Waals surface area contributed by atoms with Crippen molar-refractivity contribution in [3.8, 4) is 0 Å². The number of unbranched alkanes of at least 4 members (excludes halogenated alkanes) is 1. The van der Waals surface area contributed by atoms with Crippen LogP contribution in [0.5, 0.6) is 0 Å². The Balaban J connectivity index is 1.81. The lowest BCUT2D eigenvalue weighted by atomic mass is 10.1. The quantitative estimate of drug-likeness (QED) is 0.464. The Morgan fingerprint density at radius 2 is 2.04 bits per heavy atom. The molecule has 3 rings (SSSR count). The van der Waals surface area contributed by atoms with Gasteiger partial charge >= 0.3 is 5.97 Å². The Hall–Kier alpha value is -2.93. The highest BCUT2D eigenvalue weighted by Crippen LogP contribution is 2.35. The molecule has 0 aliphatic rings. The first-order valence-corrected chi connectivity index (χ1v) is 9.97. The third-order valence-electron chi connectivity index (χ3n) is 4.32. The predicted octanol–water partition coefficient (Wildman–Crippen LogP) is 4.70. The third kappa shape index (κ3) is 4.14. The summed E-state index contributed by atoms with van der Waals surface area (Å²) in [6.07, 6.45) is 1.77. The summed E-state index contributed by atoms with van der Waals surface area (Å²) in [4.78, 5) is 30.5. The normalized spacial score (nSPS) is 10.8. The van der Waals surface area contributed by atoms with Gasteiger partial charge in [-0.25, -0.2) is 9.78 Å². The Morgan fingerprint density at radius 3 is 2.79 bits per heavy atom.